The molecule has 0 radical (unpaired) electrons. The number of hydrogen-bond acceptors (Lipinski definition) is 6. The van der Waals surface area contributed by atoms with E-state index in [1.54, 1.807) is 11.5 Å². The average molecular weight is 536 g/mol. The maximum Gasteiger partial charge on any atom is 0.506 e. The number of pyridine rings is 2. The van der Waals surface area contributed by atoms with Crippen LogP contribution in [0.25, 0.3) is 44.2 Å². The van der Waals surface area contributed by atoms with E-state index in [1.807, 2.05) is 19.2 Å². The number of benzene rings is 3. The van der Waals surface area contributed by atoms with E-state index in [0.29, 0.717) is 31.0 Å². The maximum absolute atomic E-state index is 13.3. The SMILES string of the molecule is CNCOCc1ccc(-c2ccc3ccc4nc5c(c(C)c4c3c2)Cn2c-5cc(C)c(COC(=O)O)c2=O)cc1. The maximum atomic E-state index is 13.3. The van der Waals surface area contributed by atoms with Gasteiger partial charge in [-0.2, -0.15) is 0 Å². The van der Waals surface area contributed by atoms with Crippen molar-refractivity contribution in [3.05, 3.63) is 98.8 Å². The normalized spacial score (nSPS) is 12.1. The van der Waals surface area contributed by atoms with Gasteiger partial charge in [-0.05, 0) is 77.7 Å². The Labute approximate surface area is 230 Å². The van der Waals surface area contributed by atoms with Crippen molar-refractivity contribution in [1.82, 2.24) is 14.9 Å². The van der Waals surface area contributed by atoms with Gasteiger partial charge in [-0.1, -0.05) is 42.5 Å². The summed E-state index contributed by atoms with van der Waals surface area (Å²) in [6.45, 7) is 5.06. The molecule has 1 aliphatic heterocycles. The summed E-state index contributed by atoms with van der Waals surface area (Å²) in [5, 5.41) is 15.2. The highest BCUT2D eigenvalue weighted by Gasteiger charge is 2.27. The molecule has 8 nitrogen and oxygen atoms in total. The van der Waals surface area contributed by atoms with Gasteiger partial charge in [-0.25, -0.2) is 9.78 Å². The summed E-state index contributed by atoms with van der Waals surface area (Å²) >= 11 is 0. The summed E-state index contributed by atoms with van der Waals surface area (Å²) in [5.41, 5.74) is 8.63. The van der Waals surface area contributed by atoms with Crippen LogP contribution in [0, 0.1) is 13.8 Å². The molecule has 0 unspecified atom stereocenters. The fourth-order valence-electron chi connectivity index (χ4n) is 5.59. The smallest absolute Gasteiger partial charge is 0.450 e. The van der Waals surface area contributed by atoms with Crippen molar-refractivity contribution < 1.29 is 19.4 Å². The van der Waals surface area contributed by atoms with Crippen molar-refractivity contribution >= 4 is 27.8 Å². The molecule has 2 N–H and O–H groups in total. The lowest BCUT2D eigenvalue weighted by Crippen LogP contribution is -2.25. The van der Waals surface area contributed by atoms with Crippen LogP contribution in [-0.2, 0) is 29.2 Å². The summed E-state index contributed by atoms with van der Waals surface area (Å²) in [7, 11) is 1.86. The number of carboxylic acid groups (broad SMARTS) is 1. The number of carbonyl (C=O) groups is 1. The number of rotatable bonds is 7. The molecule has 0 saturated heterocycles. The number of nitrogens with one attached hydrogen (secondary N) is 1. The van der Waals surface area contributed by atoms with Gasteiger partial charge in [0.2, 0.25) is 0 Å². The Balaban J connectivity index is 1.43. The predicted octanol–water partition coefficient (Wildman–Crippen LogP) is 5.75. The molecule has 202 valence electrons. The lowest BCUT2D eigenvalue weighted by molar-refractivity contribution is 0.0848. The Hall–Kier alpha value is -4.53. The van der Waals surface area contributed by atoms with E-state index in [9.17, 15) is 9.59 Å². The zero-order valence-electron chi connectivity index (χ0n) is 22.6. The predicted molar refractivity (Wildman–Crippen MR) is 154 cm³/mol. The van der Waals surface area contributed by atoms with Gasteiger partial charge >= 0.3 is 6.16 Å². The molecule has 0 saturated carbocycles. The van der Waals surface area contributed by atoms with Gasteiger partial charge in [-0.3, -0.25) is 10.1 Å². The Morgan fingerprint density at radius 1 is 1.02 bits per heavy atom. The number of ether oxygens (including phenoxy) is 2. The lowest BCUT2D eigenvalue weighted by atomic mass is 9.94. The fraction of sp³-hybridized carbons (Fsp3) is 0.219. The second-order valence-electron chi connectivity index (χ2n) is 10.1. The molecular weight excluding hydrogens is 506 g/mol. The molecule has 0 bridgehead atoms. The minimum Gasteiger partial charge on any atom is -0.450 e. The first-order chi connectivity index (χ1) is 19.4. The molecule has 5 aromatic rings. The average Bonchev–Trinajstić information content (AvgIpc) is 3.31. The molecule has 0 amide bonds. The molecule has 0 fully saturated rings. The van der Waals surface area contributed by atoms with Crippen LogP contribution in [0.1, 0.15) is 27.8 Å². The van der Waals surface area contributed by atoms with Gasteiger partial charge in [0.25, 0.3) is 5.56 Å². The van der Waals surface area contributed by atoms with Gasteiger partial charge in [0.15, 0.2) is 0 Å². The quantitative estimate of drug-likeness (QED) is 0.116. The first-order valence-electron chi connectivity index (χ1n) is 13.1. The van der Waals surface area contributed by atoms with E-state index in [2.05, 4.69) is 60.8 Å². The number of hydrogen-bond donors (Lipinski definition) is 2. The number of aromatic nitrogens is 2. The Morgan fingerprint density at radius 2 is 1.77 bits per heavy atom. The van der Waals surface area contributed by atoms with E-state index < -0.39 is 6.16 Å². The molecule has 0 spiro atoms. The van der Waals surface area contributed by atoms with Crippen LogP contribution in [-0.4, -0.2) is 34.6 Å². The van der Waals surface area contributed by atoms with E-state index in [-0.39, 0.29) is 12.2 Å². The first-order valence-corrected chi connectivity index (χ1v) is 13.1. The molecule has 6 rings (SSSR count). The van der Waals surface area contributed by atoms with Crippen molar-refractivity contribution in [2.24, 2.45) is 0 Å². The summed E-state index contributed by atoms with van der Waals surface area (Å²) in [6, 6.07) is 20.9. The van der Waals surface area contributed by atoms with Crippen LogP contribution in [0.5, 0.6) is 0 Å². The summed E-state index contributed by atoms with van der Waals surface area (Å²) in [5.74, 6) is 0. The molecule has 1 aliphatic rings. The standard InChI is InChI=1S/C32H29N3O5/c1-18-12-28-30-25(14-35(28)31(36)26(18)16-40-32(37)38)19(2)29-24-13-23(9-8-22(24)10-11-27(29)34-30)21-6-4-20(5-7-21)15-39-17-33-3/h4-13,33H,14-17H2,1-3H3,(H,37,38). The second-order valence-corrected chi connectivity index (χ2v) is 10.1. The van der Waals surface area contributed by atoms with Crippen LogP contribution < -0.4 is 10.9 Å². The minimum absolute atomic E-state index is 0.246. The zero-order valence-corrected chi connectivity index (χ0v) is 22.6. The summed E-state index contributed by atoms with van der Waals surface area (Å²) in [4.78, 5) is 29.3. The first kappa shape index (κ1) is 25.7. The third-order valence-corrected chi connectivity index (χ3v) is 7.67. The van der Waals surface area contributed by atoms with Crippen LogP contribution in [0.4, 0.5) is 4.79 Å². The number of nitrogens with zero attached hydrogens (tertiary/aromatic N) is 2. The molecule has 8 heteroatoms. The van der Waals surface area contributed by atoms with E-state index in [4.69, 9.17) is 19.6 Å². The van der Waals surface area contributed by atoms with Crippen molar-refractivity contribution in [1.29, 1.82) is 0 Å². The van der Waals surface area contributed by atoms with Crippen molar-refractivity contribution in [3.8, 4) is 22.5 Å². The second kappa shape index (κ2) is 10.2. The van der Waals surface area contributed by atoms with Crippen molar-refractivity contribution in [2.75, 3.05) is 13.8 Å². The van der Waals surface area contributed by atoms with Gasteiger partial charge in [-0.15, -0.1) is 0 Å². The summed E-state index contributed by atoms with van der Waals surface area (Å²) < 4.78 is 12.0. The Morgan fingerprint density at radius 3 is 2.52 bits per heavy atom. The van der Waals surface area contributed by atoms with Crippen molar-refractivity contribution in [2.45, 2.75) is 33.6 Å². The van der Waals surface area contributed by atoms with Crippen LogP contribution >= 0.6 is 0 Å². The van der Waals surface area contributed by atoms with Gasteiger partial charge in [0.05, 0.1) is 42.4 Å². The third kappa shape index (κ3) is 4.41. The Kier molecular flexibility index (Phi) is 6.57. The monoisotopic (exact) mass is 535 g/mol. The highest BCUT2D eigenvalue weighted by molar-refractivity contribution is 6.10. The molecular formula is C32H29N3O5. The summed E-state index contributed by atoms with van der Waals surface area (Å²) in [6.07, 6.45) is -1.41. The van der Waals surface area contributed by atoms with E-state index in [1.165, 1.54) is 0 Å². The van der Waals surface area contributed by atoms with Gasteiger partial charge < -0.3 is 19.1 Å². The largest absolute Gasteiger partial charge is 0.506 e. The van der Waals surface area contributed by atoms with Crippen LogP contribution in [0.15, 0.2) is 65.5 Å². The van der Waals surface area contributed by atoms with Gasteiger partial charge in [0.1, 0.15) is 6.61 Å². The van der Waals surface area contributed by atoms with E-state index in [0.717, 1.165) is 60.9 Å². The molecule has 2 aromatic heterocycles. The number of aryl methyl sites for hydroxylation is 2. The molecule has 0 atom stereocenters. The Bertz CT molecular complexity index is 1860. The van der Waals surface area contributed by atoms with Gasteiger partial charge in [0, 0.05) is 10.9 Å². The third-order valence-electron chi connectivity index (χ3n) is 7.67. The lowest BCUT2D eigenvalue weighted by Gasteiger charge is -2.13. The topological polar surface area (TPSA) is 103 Å². The molecule has 3 aromatic carbocycles. The minimum atomic E-state index is -1.41. The van der Waals surface area contributed by atoms with Crippen LogP contribution in [0.3, 0.4) is 0 Å². The molecule has 3 heterocycles. The highest BCUT2D eigenvalue weighted by atomic mass is 16.7. The van der Waals surface area contributed by atoms with E-state index >= 15 is 0 Å². The van der Waals surface area contributed by atoms with Crippen molar-refractivity contribution in [3.63, 3.8) is 0 Å². The molecule has 0 aliphatic carbocycles. The van der Waals surface area contributed by atoms with Crippen LogP contribution in [0.2, 0.25) is 0 Å². The highest BCUT2D eigenvalue weighted by Crippen LogP contribution is 2.39. The fourth-order valence-corrected chi connectivity index (χ4v) is 5.59. The molecule has 40 heavy (non-hydrogen) atoms. The zero-order chi connectivity index (χ0) is 28.0. The number of fused-ring (bicyclic) bond motifs is 6.